The number of rotatable bonds is 2. The number of nitrogens with one attached hydrogen (secondary N) is 1. The highest BCUT2D eigenvalue weighted by Gasteiger charge is 2.29. The molecule has 0 aromatic heterocycles. The van der Waals surface area contributed by atoms with E-state index in [1.54, 1.807) is 0 Å². The monoisotopic (exact) mass is 267 g/mol. The normalized spacial score (nSPS) is 26.5. The first-order valence-electron chi connectivity index (χ1n) is 7.68. The molecule has 0 aromatic rings. The first-order valence-corrected chi connectivity index (χ1v) is 7.68. The van der Waals surface area contributed by atoms with Gasteiger partial charge in [0, 0.05) is 51.7 Å². The van der Waals surface area contributed by atoms with Gasteiger partial charge in [-0.3, -0.25) is 9.69 Å². The van der Waals surface area contributed by atoms with Crippen molar-refractivity contribution in [3.8, 4) is 0 Å². The number of carbonyl (C=O) groups is 1. The maximum Gasteiger partial charge on any atom is 0.223 e. The number of piperazine rings is 1. The summed E-state index contributed by atoms with van der Waals surface area (Å²) in [6, 6.07) is 0.583. The van der Waals surface area contributed by atoms with Gasteiger partial charge in [-0.25, -0.2) is 0 Å². The second-order valence-corrected chi connectivity index (χ2v) is 7.16. The van der Waals surface area contributed by atoms with Gasteiger partial charge < -0.3 is 10.2 Å². The van der Waals surface area contributed by atoms with Gasteiger partial charge in [-0.15, -0.1) is 0 Å². The SMILES string of the molecule is CC(C)(C)CC(=O)N1CCCC(N2CCNCC2)C1. The molecule has 4 heteroatoms. The van der Waals surface area contributed by atoms with Crippen molar-refractivity contribution < 1.29 is 4.79 Å². The average Bonchev–Trinajstić information content (AvgIpc) is 2.38. The lowest BCUT2D eigenvalue weighted by molar-refractivity contribution is -0.135. The molecule has 2 aliphatic heterocycles. The van der Waals surface area contributed by atoms with E-state index >= 15 is 0 Å². The van der Waals surface area contributed by atoms with Crippen LogP contribution in [0.3, 0.4) is 0 Å². The number of piperidine rings is 1. The summed E-state index contributed by atoms with van der Waals surface area (Å²) >= 11 is 0. The largest absolute Gasteiger partial charge is 0.341 e. The summed E-state index contributed by atoms with van der Waals surface area (Å²) in [5.74, 6) is 0.340. The Bertz CT molecular complexity index is 305. The van der Waals surface area contributed by atoms with E-state index in [4.69, 9.17) is 0 Å². The number of amides is 1. The molecule has 110 valence electrons. The maximum atomic E-state index is 12.3. The van der Waals surface area contributed by atoms with E-state index in [-0.39, 0.29) is 5.41 Å². The summed E-state index contributed by atoms with van der Waals surface area (Å²) in [6.07, 6.45) is 3.07. The van der Waals surface area contributed by atoms with Crippen molar-refractivity contribution in [2.75, 3.05) is 39.3 Å². The van der Waals surface area contributed by atoms with E-state index in [1.807, 2.05) is 0 Å². The van der Waals surface area contributed by atoms with Gasteiger partial charge in [0.05, 0.1) is 0 Å². The van der Waals surface area contributed by atoms with Crippen LogP contribution in [0.5, 0.6) is 0 Å². The van der Waals surface area contributed by atoms with Crippen molar-refractivity contribution in [3.63, 3.8) is 0 Å². The van der Waals surface area contributed by atoms with Gasteiger partial charge in [-0.05, 0) is 18.3 Å². The van der Waals surface area contributed by atoms with Crippen molar-refractivity contribution in [2.45, 2.75) is 46.1 Å². The summed E-state index contributed by atoms with van der Waals surface area (Å²) in [7, 11) is 0. The molecule has 0 aliphatic carbocycles. The molecular formula is C15H29N3O. The summed E-state index contributed by atoms with van der Waals surface area (Å²) < 4.78 is 0. The zero-order valence-corrected chi connectivity index (χ0v) is 12.7. The molecule has 2 heterocycles. The third-order valence-corrected chi connectivity index (χ3v) is 4.10. The molecule has 2 fully saturated rings. The second-order valence-electron chi connectivity index (χ2n) is 7.16. The van der Waals surface area contributed by atoms with E-state index in [1.165, 1.54) is 6.42 Å². The minimum Gasteiger partial charge on any atom is -0.341 e. The highest BCUT2D eigenvalue weighted by atomic mass is 16.2. The quantitative estimate of drug-likeness (QED) is 0.819. The van der Waals surface area contributed by atoms with Gasteiger partial charge in [-0.1, -0.05) is 20.8 Å². The molecule has 0 spiro atoms. The Balaban J connectivity index is 1.87. The van der Waals surface area contributed by atoms with E-state index in [2.05, 4.69) is 35.9 Å². The van der Waals surface area contributed by atoms with Crippen molar-refractivity contribution in [2.24, 2.45) is 5.41 Å². The van der Waals surface area contributed by atoms with Crippen LogP contribution < -0.4 is 5.32 Å². The highest BCUT2D eigenvalue weighted by molar-refractivity contribution is 5.77. The Morgan fingerprint density at radius 2 is 1.89 bits per heavy atom. The third-order valence-electron chi connectivity index (χ3n) is 4.10. The molecule has 0 radical (unpaired) electrons. The van der Waals surface area contributed by atoms with Crippen LogP contribution in [0.1, 0.15) is 40.0 Å². The molecule has 2 aliphatic rings. The van der Waals surface area contributed by atoms with Gasteiger partial charge in [0.15, 0.2) is 0 Å². The lowest BCUT2D eigenvalue weighted by Crippen LogP contribution is -2.55. The van der Waals surface area contributed by atoms with E-state index in [9.17, 15) is 4.79 Å². The molecule has 0 bridgehead atoms. The fourth-order valence-electron chi connectivity index (χ4n) is 3.09. The fourth-order valence-corrected chi connectivity index (χ4v) is 3.09. The Morgan fingerprint density at radius 3 is 2.53 bits per heavy atom. The number of hydrogen-bond acceptors (Lipinski definition) is 3. The lowest BCUT2D eigenvalue weighted by atomic mass is 9.91. The summed E-state index contributed by atoms with van der Waals surface area (Å²) in [4.78, 5) is 17.0. The molecule has 2 saturated heterocycles. The molecule has 0 saturated carbocycles. The van der Waals surface area contributed by atoms with Crippen LogP contribution in [-0.2, 0) is 4.79 Å². The highest BCUT2D eigenvalue weighted by Crippen LogP contribution is 2.23. The molecular weight excluding hydrogens is 238 g/mol. The van der Waals surface area contributed by atoms with Gasteiger partial charge >= 0.3 is 0 Å². The van der Waals surface area contributed by atoms with Crippen molar-refractivity contribution in [1.29, 1.82) is 0 Å². The van der Waals surface area contributed by atoms with Crippen LogP contribution >= 0.6 is 0 Å². The summed E-state index contributed by atoms with van der Waals surface area (Å²) in [5, 5.41) is 3.40. The standard InChI is InChI=1S/C15H29N3O/c1-15(2,3)11-14(19)18-8-4-5-13(12-18)17-9-6-16-7-10-17/h13,16H,4-12H2,1-3H3. The molecule has 4 nitrogen and oxygen atoms in total. The van der Waals surface area contributed by atoms with Gasteiger partial charge in [0.1, 0.15) is 0 Å². The van der Waals surface area contributed by atoms with E-state index in [0.29, 0.717) is 18.4 Å². The molecule has 1 amide bonds. The average molecular weight is 267 g/mol. The number of hydrogen-bond donors (Lipinski definition) is 1. The van der Waals surface area contributed by atoms with Crippen molar-refractivity contribution in [3.05, 3.63) is 0 Å². The minimum atomic E-state index is 0.0963. The van der Waals surface area contributed by atoms with Crippen molar-refractivity contribution >= 4 is 5.91 Å². The topological polar surface area (TPSA) is 35.6 Å². The van der Waals surface area contributed by atoms with Crippen LogP contribution in [-0.4, -0.2) is 61.0 Å². The molecule has 0 aromatic carbocycles. The van der Waals surface area contributed by atoms with Gasteiger partial charge in [-0.2, -0.15) is 0 Å². The van der Waals surface area contributed by atoms with Crippen LogP contribution in [0.4, 0.5) is 0 Å². The molecule has 19 heavy (non-hydrogen) atoms. The maximum absolute atomic E-state index is 12.3. The number of likely N-dealkylation sites (tertiary alicyclic amines) is 1. The van der Waals surface area contributed by atoms with Gasteiger partial charge in [0.25, 0.3) is 0 Å². The number of nitrogens with zero attached hydrogens (tertiary/aromatic N) is 2. The van der Waals surface area contributed by atoms with Crippen LogP contribution in [0.2, 0.25) is 0 Å². The lowest BCUT2D eigenvalue weighted by Gasteiger charge is -2.41. The van der Waals surface area contributed by atoms with Crippen LogP contribution in [0.15, 0.2) is 0 Å². The Labute approximate surface area is 117 Å². The van der Waals surface area contributed by atoms with E-state index in [0.717, 1.165) is 45.7 Å². The van der Waals surface area contributed by atoms with E-state index < -0.39 is 0 Å². The predicted octanol–water partition coefficient (Wildman–Crippen LogP) is 1.32. The first kappa shape index (κ1) is 14.8. The van der Waals surface area contributed by atoms with Crippen LogP contribution in [0.25, 0.3) is 0 Å². The molecule has 1 atom stereocenters. The molecule has 2 rings (SSSR count). The zero-order chi connectivity index (χ0) is 13.9. The van der Waals surface area contributed by atoms with Gasteiger partial charge in [0.2, 0.25) is 5.91 Å². The smallest absolute Gasteiger partial charge is 0.223 e. The third kappa shape index (κ3) is 4.46. The van der Waals surface area contributed by atoms with Crippen molar-refractivity contribution in [1.82, 2.24) is 15.1 Å². The molecule has 1 unspecified atom stereocenters. The fraction of sp³-hybridized carbons (Fsp3) is 0.933. The summed E-state index contributed by atoms with van der Waals surface area (Å²) in [5.41, 5.74) is 0.0963. The minimum absolute atomic E-state index is 0.0963. The van der Waals surface area contributed by atoms with Crippen LogP contribution in [0, 0.1) is 5.41 Å². The second kappa shape index (κ2) is 6.23. The molecule has 1 N–H and O–H groups in total. The Kier molecular flexibility index (Phi) is 4.85. The summed E-state index contributed by atoms with van der Waals surface area (Å²) in [6.45, 7) is 12.8. The predicted molar refractivity (Wildman–Crippen MR) is 78.1 cm³/mol. The Morgan fingerprint density at radius 1 is 1.21 bits per heavy atom. The first-order chi connectivity index (χ1) is 8.96. The number of carbonyl (C=O) groups excluding carboxylic acids is 1. The Hall–Kier alpha value is -0.610. The zero-order valence-electron chi connectivity index (χ0n) is 12.7.